The van der Waals surface area contributed by atoms with Gasteiger partial charge in [-0.2, -0.15) is 0 Å². The molecule has 1 amide bonds. The molecular weight excluding hydrogens is 254 g/mol. The van der Waals surface area contributed by atoms with Gasteiger partial charge in [0, 0.05) is 12.7 Å². The molecule has 0 aromatic carbocycles. The molecule has 1 aliphatic heterocycles. The van der Waals surface area contributed by atoms with Gasteiger partial charge in [-0.15, -0.1) is 10.2 Å². The van der Waals surface area contributed by atoms with Gasteiger partial charge in [0.25, 0.3) is 0 Å². The Morgan fingerprint density at radius 3 is 3.20 bits per heavy atom. The van der Waals surface area contributed by atoms with E-state index in [1.54, 1.807) is 0 Å². The van der Waals surface area contributed by atoms with Crippen LogP contribution in [-0.2, 0) is 11.3 Å². The fraction of sp³-hybridized carbons (Fsp3) is 0.500. The number of hydrogen-bond donors (Lipinski definition) is 2. The number of hydrogen-bond acceptors (Lipinski definition) is 4. The van der Waals surface area contributed by atoms with Crippen LogP contribution in [-0.4, -0.2) is 33.6 Å². The van der Waals surface area contributed by atoms with Gasteiger partial charge in [-0.25, -0.2) is 0 Å². The van der Waals surface area contributed by atoms with Gasteiger partial charge in [0.15, 0.2) is 11.5 Å². The maximum atomic E-state index is 12.3. The van der Waals surface area contributed by atoms with Gasteiger partial charge in [0.2, 0.25) is 5.91 Å². The standard InChI is InChI=1S/C14H19N5O/c1-14(6-4-7-15-10-14)13(20)16-9-12-18-17-11-5-2-3-8-19(11)12/h2-3,5,8,15H,4,6-7,9-10H2,1H3,(H,16,20). The summed E-state index contributed by atoms with van der Waals surface area (Å²) >= 11 is 0. The summed E-state index contributed by atoms with van der Waals surface area (Å²) in [7, 11) is 0. The summed E-state index contributed by atoms with van der Waals surface area (Å²) in [6, 6.07) is 5.74. The molecule has 0 saturated carbocycles. The predicted molar refractivity (Wildman–Crippen MR) is 75.0 cm³/mol. The van der Waals surface area contributed by atoms with E-state index in [1.165, 1.54) is 0 Å². The van der Waals surface area contributed by atoms with Gasteiger partial charge < -0.3 is 10.6 Å². The Morgan fingerprint density at radius 2 is 2.40 bits per heavy atom. The Bertz CT molecular complexity index is 615. The number of aromatic nitrogens is 3. The molecule has 1 aliphatic rings. The van der Waals surface area contributed by atoms with Crippen LogP contribution in [0.5, 0.6) is 0 Å². The van der Waals surface area contributed by atoms with Crippen LogP contribution in [0.25, 0.3) is 5.65 Å². The summed E-state index contributed by atoms with van der Waals surface area (Å²) < 4.78 is 1.89. The maximum Gasteiger partial charge on any atom is 0.227 e. The van der Waals surface area contributed by atoms with Crippen LogP contribution in [0, 0.1) is 5.41 Å². The molecule has 1 saturated heterocycles. The van der Waals surface area contributed by atoms with Gasteiger partial charge >= 0.3 is 0 Å². The molecule has 1 unspecified atom stereocenters. The number of carbonyl (C=O) groups excluding carboxylic acids is 1. The Balaban J connectivity index is 1.68. The topological polar surface area (TPSA) is 71.3 Å². The fourth-order valence-electron chi connectivity index (χ4n) is 2.63. The lowest BCUT2D eigenvalue weighted by molar-refractivity contribution is -0.131. The second-order valence-electron chi connectivity index (χ2n) is 5.57. The third-order valence-electron chi connectivity index (χ3n) is 3.94. The highest BCUT2D eigenvalue weighted by Gasteiger charge is 2.34. The Kier molecular flexibility index (Phi) is 3.40. The number of piperidine rings is 1. The zero-order chi connectivity index (χ0) is 14.0. The highest BCUT2D eigenvalue weighted by molar-refractivity contribution is 5.82. The van der Waals surface area contributed by atoms with Crippen molar-refractivity contribution in [3.8, 4) is 0 Å². The summed E-state index contributed by atoms with van der Waals surface area (Å²) in [6.45, 7) is 4.15. The van der Waals surface area contributed by atoms with E-state index in [2.05, 4.69) is 20.8 Å². The average molecular weight is 273 g/mol. The summed E-state index contributed by atoms with van der Waals surface area (Å²) in [4.78, 5) is 12.3. The Morgan fingerprint density at radius 1 is 1.50 bits per heavy atom. The van der Waals surface area contributed by atoms with Crippen LogP contribution < -0.4 is 10.6 Å². The molecule has 3 heterocycles. The first kappa shape index (κ1) is 13.1. The van der Waals surface area contributed by atoms with Crippen LogP contribution >= 0.6 is 0 Å². The van der Waals surface area contributed by atoms with Crippen LogP contribution in [0.3, 0.4) is 0 Å². The largest absolute Gasteiger partial charge is 0.348 e. The first-order valence-electron chi connectivity index (χ1n) is 6.97. The molecule has 0 radical (unpaired) electrons. The molecule has 6 heteroatoms. The number of carbonyl (C=O) groups is 1. The molecule has 2 aromatic rings. The van der Waals surface area contributed by atoms with Crippen LogP contribution in [0.15, 0.2) is 24.4 Å². The number of nitrogens with one attached hydrogen (secondary N) is 2. The average Bonchev–Trinajstić information content (AvgIpc) is 2.89. The lowest BCUT2D eigenvalue weighted by Crippen LogP contribution is -2.48. The number of nitrogens with zero attached hydrogens (tertiary/aromatic N) is 3. The highest BCUT2D eigenvalue weighted by Crippen LogP contribution is 2.25. The number of rotatable bonds is 3. The Hall–Kier alpha value is -1.95. The molecular formula is C14H19N5O. The van der Waals surface area contributed by atoms with Crippen LogP contribution in [0.1, 0.15) is 25.6 Å². The highest BCUT2D eigenvalue weighted by atomic mass is 16.2. The van der Waals surface area contributed by atoms with E-state index in [4.69, 9.17) is 0 Å². The van der Waals surface area contributed by atoms with E-state index in [9.17, 15) is 4.79 Å². The van der Waals surface area contributed by atoms with Gasteiger partial charge in [0.05, 0.1) is 12.0 Å². The van der Waals surface area contributed by atoms with Crippen molar-refractivity contribution in [2.24, 2.45) is 5.41 Å². The number of amides is 1. The number of fused-ring (bicyclic) bond motifs is 1. The SMILES string of the molecule is CC1(C(=O)NCc2nnc3ccccn23)CCCNC1. The summed E-state index contributed by atoms with van der Waals surface area (Å²) in [6.07, 6.45) is 3.87. The normalized spacial score (nSPS) is 22.9. The van der Waals surface area contributed by atoms with Crippen molar-refractivity contribution in [1.82, 2.24) is 25.2 Å². The molecule has 0 bridgehead atoms. The quantitative estimate of drug-likeness (QED) is 0.865. The molecule has 0 spiro atoms. The lowest BCUT2D eigenvalue weighted by Gasteiger charge is -2.32. The van der Waals surface area contributed by atoms with Crippen molar-refractivity contribution in [3.05, 3.63) is 30.2 Å². The van der Waals surface area contributed by atoms with E-state index in [0.29, 0.717) is 6.54 Å². The third-order valence-corrected chi connectivity index (χ3v) is 3.94. The van der Waals surface area contributed by atoms with E-state index < -0.39 is 0 Å². The zero-order valence-corrected chi connectivity index (χ0v) is 11.6. The molecule has 2 N–H and O–H groups in total. The van der Waals surface area contributed by atoms with E-state index in [-0.39, 0.29) is 11.3 Å². The minimum absolute atomic E-state index is 0.0809. The van der Waals surface area contributed by atoms with Crippen LogP contribution in [0.4, 0.5) is 0 Å². The third kappa shape index (κ3) is 2.38. The lowest BCUT2D eigenvalue weighted by atomic mass is 9.82. The van der Waals surface area contributed by atoms with Crippen molar-refractivity contribution in [3.63, 3.8) is 0 Å². The smallest absolute Gasteiger partial charge is 0.227 e. The molecule has 1 atom stereocenters. The van der Waals surface area contributed by atoms with Crippen molar-refractivity contribution in [1.29, 1.82) is 0 Å². The minimum atomic E-state index is -0.321. The first-order valence-corrected chi connectivity index (χ1v) is 6.97. The molecule has 1 fully saturated rings. The second-order valence-corrected chi connectivity index (χ2v) is 5.57. The minimum Gasteiger partial charge on any atom is -0.348 e. The molecule has 20 heavy (non-hydrogen) atoms. The molecule has 6 nitrogen and oxygen atoms in total. The summed E-state index contributed by atoms with van der Waals surface area (Å²) in [5.41, 5.74) is 0.473. The fourth-order valence-corrected chi connectivity index (χ4v) is 2.63. The molecule has 3 rings (SSSR count). The second kappa shape index (κ2) is 5.20. The van der Waals surface area contributed by atoms with Crippen molar-refractivity contribution >= 4 is 11.6 Å². The summed E-state index contributed by atoms with van der Waals surface area (Å²) in [5, 5.41) is 14.5. The molecule has 0 aliphatic carbocycles. The number of pyridine rings is 1. The van der Waals surface area contributed by atoms with E-state index in [1.807, 2.05) is 35.7 Å². The maximum absolute atomic E-state index is 12.3. The van der Waals surface area contributed by atoms with Gasteiger partial charge in [-0.1, -0.05) is 6.07 Å². The van der Waals surface area contributed by atoms with E-state index >= 15 is 0 Å². The van der Waals surface area contributed by atoms with Crippen molar-refractivity contribution < 1.29 is 4.79 Å². The first-order chi connectivity index (χ1) is 9.69. The zero-order valence-electron chi connectivity index (χ0n) is 11.6. The monoisotopic (exact) mass is 273 g/mol. The molecule has 106 valence electrons. The molecule has 2 aromatic heterocycles. The van der Waals surface area contributed by atoms with Crippen LogP contribution in [0.2, 0.25) is 0 Å². The summed E-state index contributed by atoms with van der Waals surface area (Å²) in [5.74, 6) is 0.832. The van der Waals surface area contributed by atoms with Crippen molar-refractivity contribution in [2.45, 2.75) is 26.3 Å². The van der Waals surface area contributed by atoms with Gasteiger partial charge in [0.1, 0.15) is 0 Å². The Labute approximate surface area is 117 Å². The van der Waals surface area contributed by atoms with Crippen molar-refractivity contribution in [2.75, 3.05) is 13.1 Å². The van der Waals surface area contributed by atoms with Gasteiger partial charge in [-0.05, 0) is 38.4 Å². The predicted octanol–water partition coefficient (Wildman–Crippen LogP) is 0.735. The van der Waals surface area contributed by atoms with E-state index in [0.717, 1.165) is 37.4 Å². The van der Waals surface area contributed by atoms with Gasteiger partial charge in [-0.3, -0.25) is 9.20 Å².